The zero-order chi connectivity index (χ0) is 10.6. The van der Waals surface area contributed by atoms with Crippen LogP contribution in [0.3, 0.4) is 0 Å². The van der Waals surface area contributed by atoms with Gasteiger partial charge in [0.15, 0.2) is 0 Å². The highest BCUT2D eigenvalue weighted by Crippen LogP contribution is 2.20. The van der Waals surface area contributed by atoms with E-state index >= 15 is 0 Å². The molecule has 0 heterocycles. The lowest BCUT2D eigenvalue weighted by atomic mass is 9.94. The molecule has 0 aromatic rings. The van der Waals surface area contributed by atoms with E-state index < -0.39 is 31.6 Å². The Balaban J connectivity index is 4.00. The van der Waals surface area contributed by atoms with E-state index in [9.17, 15) is 27.1 Å². The van der Waals surface area contributed by atoms with E-state index in [2.05, 4.69) is 4.65 Å². The Morgan fingerprint density at radius 1 is 1.38 bits per heavy atom. The Hall–Kier alpha value is -1.28. The molecule has 0 aromatic carbocycles. The molecule has 0 saturated carbocycles. The molecule has 0 fully saturated rings. The summed E-state index contributed by atoms with van der Waals surface area (Å²) in [6.07, 6.45) is -6.63. The topological polar surface area (TPSA) is 63.6 Å². The average molecular weight is 202 g/mol. The summed E-state index contributed by atoms with van der Waals surface area (Å²) >= 11 is 0. The molecule has 0 aliphatic heterocycles. The lowest BCUT2D eigenvalue weighted by Gasteiger charge is -2.07. The average Bonchev–Trinajstić information content (AvgIpc) is 1.82. The minimum absolute atomic E-state index is 1.31. The Kier molecular flexibility index (Phi) is 3.70. The van der Waals surface area contributed by atoms with Gasteiger partial charge in [0.1, 0.15) is 6.42 Å². The minimum Gasteiger partial charge on any atom is -0.500 e. The Labute approximate surface area is 69.6 Å². The van der Waals surface area contributed by atoms with Crippen LogP contribution >= 0.6 is 0 Å². The number of aliphatic carboxylic acids is 1. The van der Waals surface area contributed by atoms with Crippen molar-refractivity contribution in [2.24, 2.45) is 0 Å². The molecule has 13 heavy (non-hydrogen) atoms. The second-order valence-electron chi connectivity index (χ2n) is 1.92. The Bertz CT molecular complexity index is 215. The zero-order valence-corrected chi connectivity index (χ0v) is 5.97. The molecule has 0 bridgehead atoms. The maximum atomic E-state index is 11.8. The molecule has 0 radical (unpaired) electrons. The normalized spacial score (nSPS) is 10.8. The quantitative estimate of drug-likeness (QED) is 0.412. The molecule has 1 N–H and O–H groups in total. The maximum Gasteiger partial charge on any atom is 0.683 e. The SMILES string of the molecule is O=C(O)CC(=O)OB(F)C(F)(F)F. The summed E-state index contributed by atoms with van der Waals surface area (Å²) < 4.78 is 49.0. The van der Waals surface area contributed by atoms with E-state index in [1.54, 1.807) is 0 Å². The van der Waals surface area contributed by atoms with Crippen molar-refractivity contribution in [2.45, 2.75) is 12.5 Å². The molecule has 0 atom stereocenters. The summed E-state index contributed by atoms with van der Waals surface area (Å²) in [5, 5.41) is 7.90. The van der Waals surface area contributed by atoms with Crippen molar-refractivity contribution in [3.05, 3.63) is 0 Å². The van der Waals surface area contributed by atoms with E-state index in [0.717, 1.165) is 0 Å². The first-order valence-electron chi connectivity index (χ1n) is 2.85. The van der Waals surface area contributed by atoms with Crippen molar-refractivity contribution in [1.82, 2.24) is 0 Å². The highest BCUT2D eigenvalue weighted by Gasteiger charge is 2.52. The van der Waals surface area contributed by atoms with Gasteiger partial charge < -0.3 is 9.76 Å². The van der Waals surface area contributed by atoms with Crippen molar-refractivity contribution >= 4 is 19.1 Å². The molecule has 0 spiro atoms. The van der Waals surface area contributed by atoms with E-state index in [1.807, 2.05) is 0 Å². The molecular formula is C4H3BF4O4. The number of carboxylic acid groups (broad SMARTS) is 1. The smallest absolute Gasteiger partial charge is 0.500 e. The van der Waals surface area contributed by atoms with Gasteiger partial charge in [-0.2, -0.15) is 13.2 Å². The van der Waals surface area contributed by atoms with Gasteiger partial charge in [-0.05, 0) is 0 Å². The monoisotopic (exact) mass is 202 g/mol. The van der Waals surface area contributed by atoms with Crippen LogP contribution in [0.1, 0.15) is 6.42 Å². The second-order valence-corrected chi connectivity index (χ2v) is 1.92. The fourth-order valence-electron chi connectivity index (χ4n) is 0.347. The van der Waals surface area contributed by atoms with E-state index in [1.165, 1.54) is 0 Å². The van der Waals surface area contributed by atoms with Crippen LogP contribution in [-0.4, -0.2) is 30.3 Å². The highest BCUT2D eigenvalue weighted by molar-refractivity contribution is 6.48. The lowest BCUT2D eigenvalue weighted by molar-refractivity contribution is -0.149. The predicted octanol–water partition coefficient (Wildman–Crippen LogP) is 0.563. The molecule has 0 unspecified atom stereocenters. The molecule has 0 saturated heterocycles. The molecule has 0 aromatic heterocycles. The van der Waals surface area contributed by atoms with Crippen molar-refractivity contribution in [2.75, 3.05) is 0 Å². The van der Waals surface area contributed by atoms with Gasteiger partial charge in [-0.15, -0.1) is 0 Å². The third-order valence-corrected chi connectivity index (χ3v) is 0.788. The lowest BCUT2D eigenvalue weighted by Crippen LogP contribution is -2.35. The van der Waals surface area contributed by atoms with Gasteiger partial charge in [-0.3, -0.25) is 13.9 Å². The zero-order valence-electron chi connectivity index (χ0n) is 5.97. The predicted molar refractivity (Wildman–Crippen MR) is 31.3 cm³/mol. The Morgan fingerprint density at radius 3 is 2.15 bits per heavy atom. The fraction of sp³-hybridized carbons (Fsp3) is 0.500. The standard InChI is InChI=1S/C4H3BF4O4/c6-4(7,8)5(9)13-3(12)1-2(10)11/h1H2,(H,10,11). The number of hydrogen-bond donors (Lipinski definition) is 1. The van der Waals surface area contributed by atoms with Crippen molar-refractivity contribution < 1.29 is 36.8 Å². The number of hydrogen-bond acceptors (Lipinski definition) is 3. The van der Waals surface area contributed by atoms with E-state index in [0.29, 0.717) is 0 Å². The number of rotatable bonds is 3. The van der Waals surface area contributed by atoms with Crippen LogP contribution < -0.4 is 0 Å². The van der Waals surface area contributed by atoms with Crippen LogP contribution in [0.15, 0.2) is 0 Å². The van der Waals surface area contributed by atoms with Crippen LogP contribution in [0.25, 0.3) is 0 Å². The molecule has 0 rings (SSSR count). The van der Waals surface area contributed by atoms with Gasteiger partial charge in [0.25, 0.3) is 0 Å². The van der Waals surface area contributed by atoms with E-state index in [4.69, 9.17) is 5.11 Å². The molecule has 0 amide bonds. The summed E-state index contributed by atoms with van der Waals surface area (Å²) in [6, 6.07) is 0. The Morgan fingerprint density at radius 2 is 1.85 bits per heavy atom. The summed E-state index contributed by atoms with van der Waals surface area (Å²) in [7, 11) is -3.78. The van der Waals surface area contributed by atoms with Gasteiger partial charge in [-0.25, -0.2) is 0 Å². The van der Waals surface area contributed by atoms with Crippen LogP contribution in [-0.2, 0) is 14.2 Å². The number of carbonyl (C=O) groups is 2. The third kappa shape index (κ3) is 5.04. The molecule has 9 heteroatoms. The molecule has 0 aliphatic rings. The largest absolute Gasteiger partial charge is 0.683 e. The molecular weight excluding hydrogens is 199 g/mol. The van der Waals surface area contributed by atoms with Gasteiger partial charge in [0, 0.05) is 0 Å². The second kappa shape index (κ2) is 4.10. The van der Waals surface area contributed by atoms with Crippen molar-refractivity contribution in [3.63, 3.8) is 0 Å². The number of halogens is 4. The highest BCUT2D eigenvalue weighted by atomic mass is 19.4. The van der Waals surface area contributed by atoms with Crippen LogP contribution in [0.5, 0.6) is 0 Å². The molecule has 4 nitrogen and oxygen atoms in total. The fourth-order valence-corrected chi connectivity index (χ4v) is 0.347. The maximum absolute atomic E-state index is 11.8. The van der Waals surface area contributed by atoms with Gasteiger partial charge in [0.05, 0.1) is 0 Å². The minimum atomic E-state index is -5.33. The van der Waals surface area contributed by atoms with Crippen molar-refractivity contribution in [3.8, 4) is 0 Å². The number of carboxylic acids is 1. The number of alkyl halides is 3. The van der Waals surface area contributed by atoms with Gasteiger partial charge in [-0.1, -0.05) is 0 Å². The van der Waals surface area contributed by atoms with Crippen molar-refractivity contribution in [1.29, 1.82) is 0 Å². The number of carbonyl (C=O) groups excluding carboxylic acids is 1. The first-order chi connectivity index (χ1) is 5.73. The summed E-state index contributed by atoms with van der Waals surface area (Å²) in [5.41, 5.74) is 0. The first-order valence-corrected chi connectivity index (χ1v) is 2.85. The third-order valence-electron chi connectivity index (χ3n) is 0.788. The van der Waals surface area contributed by atoms with Gasteiger partial charge in [0.2, 0.25) is 0 Å². The summed E-state index contributed by atoms with van der Waals surface area (Å²) in [4.78, 5) is 19.9. The van der Waals surface area contributed by atoms with Crippen LogP contribution in [0, 0.1) is 0 Å². The first kappa shape index (κ1) is 11.7. The van der Waals surface area contributed by atoms with Gasteiger partial charge >= 0.3 is 25.2 Å². The molecule has 0 aliphatic carbocycles. The van der Waals surface area contributed by atoms with E-state index in [-0.39, 0.29) is 0 Å². The molecule has 74 valence electrons. The summed E-state index contributed by atoms with van der Waals surface area (Å²) in [6.45, 7) is 0. The van der Waals surface area contributed by atoms with Crippen LogP contribution in [0.4, 0.5) is 17.5 Å². The van der Waals surface area contributed by atoms with Crippen LogP contribution in [0.2, 0.25) is 0 Å². The summed E-state index contributed by atoms with van der Waals surface area (Å²) in [5.74, 6) is -3.48.